The molecule has 2 amide bonds. The molecule has 0 aromatic heterocycles. The standard InChI is InChI=1S/C16H19BrN2O3S/c1-3-23-9-8-22-15(20)13-10(2)18-16(21)19-14(13)11-6-4-5-7-12(11)17/h4-7,14H,3,8-9H2,1-2H3,(H2,18,19,21). The maximum Gasteiger partial charge on any atom is 0.338 e. The van der Waals surface area contributed by atoms with Crippen molar-refractivity contribution in [3.8, 4) is 0 Å². The van der Waals surface area contributed by atoms with Crippen LogP contribution in [0.4, 0.5) is 4.79 Å². The maximum atomic E-state index is 12.5. The Balaban J connectivity index is 2.25. The number of thioether (sulfide) groups is 1. The minimum atomic E-state index is -0.536. The Hall–Kier alpha value is -1.47. The number of benzene rings is 1. The first kappa shape index (κ1) is 17.9. The van der Waals surface area contributed by atoms with Crippen LogP contribution < -0.4 is 10.6 Å². The van der Waals surface area contributed by atoms with Gasteiger partial charge in [0.2, 0.25) is 0 Å². The van der Waals surface area contributed by atoms with Crippen molar-refractivity contribution in [3.63, 3.8) is 0 Å². The Morgan fingerprint density at radius 1 is 1.39 bits per heavy atom. The van der Waals surface area contributed by atoms with Gasteiger partial charge in [0.1, 0.15) is 6.61 Å². The molecule has 1 atom stereocenters. The van der Waals surface area contributed by atoms with Crippen molar-refractivity contribution >= 4 is 39.7 Å². The normalized spacial score (nSPS) is 17.5. The molecule has 5 nitrogen and oxygen atoms in total. The average Bonchev–Trinajstić information content (AvgIpc) is 2.51. The van der Waals surface area contributed by atoms with E-state index in [1.54, 1.807) is 18.7 Å². The lowest BCUT2D eigenvalue weighted by Crippen LogP contribution is -2.45. The summed E-state index contributed by atoms with van der Waals surface area (Å²) < 4.78 is 6.18. The number of nitrogens with one attached hydrogen (secondary N) is 2. The third-order valence-electron chi connectivity index (χ3n) is 3.37. The van der Waals surface area contributed by atoms with Crippen molar-refractivity contribution in [2.45, 2.75) is 19.9 Å². The van der Waals surface area contributed by atoms with Crippen LogP contribution in [0.1, 0.15) is 25.5 Å². The summed E-state index contributed by atoms with van der Waals surface area (Å²) in [7, 11) is 0. The quantitative estimate of drug-likeness (QED) is 0.569. The number of rotatable bonds is 6. The van der Waals surface area contributed by atoms with Crippen LogP contribution in [-0.4, -0.2) is 30.1 Å². The predicted octanol–water partition coefficient (Wildman–Crippen LogP) is 3.37. The van der Waals surface area contributed by atoms with Gasteiger partial charge in [-0.2, -0.15) is 11.8 Å². The van der Waals surface area contributed by atoms with E-state index in [1.807, 2.05) is 24.3 Å². The number of urea groups is 1. The summed E-state index contributed by atoms with van der Waals surface area (Å²) >= 11 is 5.18. The number of amides is 2. The minimum Gasteiger partial charge on any atom is -0.461 e. The fourth-order valence-electron chi connectivity index (χ4n) is 2.32. The Morgan fingerprint density at radius 3 is 2.83 bits per heavy atom. The molecule has 0 saturated carbocycles. The highest BCUT2D eigenvalue weighted by molar-refractivity contribution is 9.10. The number of hydrogen-bond donors (Lipinski definition) is 2. The third-order valence-corrected chi connectivity index (χ3v) is 4.96. The number of carbonyl (C=O) groups is 2. The van der Waals surface area contributed by atoms with E-state index < -0.39 is 12.0 Å². The van der Waals surface area contributed by atoms with Gasteiger partial charge in [-0.05, 0) is 24.3 Å². The van der Waals surface area contributed by atoms with Crippen molar-refractivity contribution in [2.75, 3.05) is 18.1 Å². The Kier molecular flexibility index (Phi) is 6.53. The fourth-order valence-corrected chi connectivity index (χ4v) is 3.33. The van der Waals surface area contributed by atoms with Gasteiger partial charge in [0.05, 0.1) is 11.6 Å². The molecular weight excluding hydrogens is 380 g/mol. The van der Waals surface area contributed by atoms with E-state index in [4.69, 9.17) is 4.74 Å². The van der Waals surface area contributed by atoms with E-state index in [-0.39, 0.29) is 6.03 Å². The molecule has 0 bridgehead atoms. The molecule has 0 spiro atoms. The fraction of sp³-hybridized carbons (Fsp3) is 0.375. The van der Waals surface area contributed by atoms with Crippen molar-refractivity contribution in [3.05, 3.63) is 45.6 Å². The van der Waals surface area contributed by atoms with Crippen molar-refractivity contribution in [1.29, 1.82) is 0 Å². The number of carbonyl (C=O) groups excluding carboxylic acids is 2. The first-order valence-electron chi connectivity index (χ1n) is 7.32. The van der Waals surface area contributed by atoms with Crippen LogP contribution in [0, 0.1) is 0 Å². The monoisotopic (exact) mass is 398 g/mol. The number of hydrogen-bond acceptors (Lipinski definition) is 4. The molecule has 0 fully saturated rings. The Bertz CT molecular complexity index is 634. The first-order chi connectivity index (χ1) is 11.0. The lowest BCUT2D eigenvalue weighted by Gasteiger charge is -2.28. The Morgan fingerprint density at radius 2 is 2.13 bits per heavy atom. The summed E-state index contributed by atoms with van der Waals surface area (Å²) in [6.45, 7) is 4.12. The topological polar surface area (TPSA) is 67.4 Å². The van der Waals surface area contributed by atoms with Gasteiger partial charge >= 0.3 is 12.0 Å². The number of halogens is 1. The lowest BCUT2D eigenvalue weighted by molar-refractivity contribution is -0.138. The lowest BCUT2D eigenvalue weighted by atomic mass is 9.96. The highest BCUT2D eigenvalue weighted by Gasteiger charge is 2.33. The molecule has 1 aromatic carbocycles. The van der Waals surface area contributed by atoms with Crippen molar-refractivity contribution in [1.82, 2.24) is 10.6 Å². The molecule has 23 heavy (non-hydrogen) atoms. The van der Waals surface area contributed by atoms with E-state index in [1.165, 1.54) is 0 Å². The van der Waals surface area contributed by atoms with Crippen LogP contribution in [0.3, 0.4) is 0 Å². The molecule has 1 aliphatic heterocycles. The molecule has 0 saturated heterocycles. The van der Waals surface area contributed by atoms with Crippen molar-refractivity contribution < 1.29 is 14.3 Å². The molecule has 124 valence electrons. The van der Waals surface area contributed by atoms with Crippen LogP contribution in [0.5, 0.6) is 0 Å². The average molecular weight is 399 g/mol. The largest absolute Gasteiger partial charge is 0.461 e. The molecule has 1 aliphatic rings. The molecule has 2 rings (SSSR count). The van der Waals surface area contributed by atoms with Crippen LogP contribution in [-0.2, 0) is 9.53 Å². The number of ether oxygens (including phenoxy) is 1. The summed E-state index contributed by atoms with van der Waals surface area (Å²) in [4.78, 5) is 24.3. The van der Waals surface area contributed by atoms with Crippen LogP contribution in [0.15, 0.2) is 40.0 Å². The van der Waals surface area contributed by atoms with Gasteiger partial charge in [0.25, 0.3) is 0 Å². The number of allylic oxidation sites excluding steroid dienone is 1. The molecular formula is C16H19BrN2O3S. The van der Waals surface area contributed by atoms with Gasteiger partial charge in [-0.15, -0.1) is 0 Å². The van der Waals surface area contributed by atoms with Gasteiger partial charge in [0.15, 0.2) is 0 Å². The second kappa shape index (κ2) is 8.40. The van der Waals surface area contributed by atoms with Gasteiger partial charge < -0.3 is 15.4 Å². The summed E-state index contributed by atoms with van der Waals surface area (Å²) in [6.07, 6.45) is 0. The number of esters is 1. The summed E-state index contributed by atoms with van der Waals surface area (Å²) in [5, 5.41) is 5.43. The van der Waals surface area contributed by atoms with E-state index in [9.17, 15) is 9.59 Å². The second-order valence-electron chi connectivity index (χ2n) is 4.92. The van der Waals surface area contributed by atoms with E-state index in [0.29, 0.717) is 17.9 Å². The molecule has 0 aliphatic carbocycles. The molecule has 1 heterocycles. The Labute approximate surface area is 148 Å². The van der Waals surface area contributed by atoms with E-state index in [2.05, 4.69) is 33.5 Å². The zero-order valence-electron chi connectivity index (χ0n) is 13.0. The molecule has 7 heteroatoms. The molecule has 2 N–H and O–H groups in total. The summed E-state index contributed by atoms with van der Waals surface area (Å²) in [6, 6.07) is 6.62. The zero-order valence-corrected chi connectivity index (χ0v) is 15.4. The van der Waals surface area contributed by atoms with Gasteiger partial charge in [-0.25, -0.2) is 9.59 Å². The zero-order chi connectivity index (χ0) is 16.8. The van der Waals surface area contributed by atoms with Crippen LogP contribution >= 0.6 is 27.7 Å². The summed E-state index contributed by atoms with van der Waals surface area (Å²) in [5.41, 5.74) is 1.76. The molecule has 1 unspecified atom stereocenters. The first-order valence-corrected chi connectivity index (χ1v) is 9.27. The van der Waals surface area contributed by atoms with Gasteiger partial charge in [0, 0.05) is 15.9 Å². The van der Waals surface area contributed by atoms with Crippen molar-refractivity contribution in [2.24, 2.45) is 0 Å². The highest BCUT2D eigenvalue weighted by atomic mass is 79.9. The minimum absolute atomic E-state index is 0.332. The van der Waals surface area contributed by atoms with Crippen LogP contribution in [0.25, 0.3) is 0 Å². The van der Waals surface area contributed by atoms with Gasteiger partial charge in [-0.1, -0.05) is 41.1 Å². The maximum absolute atomic E-state index is 12.5. The van der Waals surface area contributed by atoms with Crippen LogP contribution in [0.2, 0.25) is 0 Å². The summed E-state index contributed by atoms with van der Waals surface area (Å²) in [5.74, 6) is 1.33. The predicted molar refractivity (Wildman–Crippen MR) is 95.2 cm³/mol. The molecule has 0 radical (unpaired) electrons. The smallest absolute Gasteiger partial charge is 0.338 e. The second-order valence-corrected chi connectivity index (χ2v) is 7.17. The SMILES string of the molecule is CCSCCOC(=O)C1=C(C)NC(=O)NC1c1ccccc1Br. The molecule has 1 aromatic rings. The van der Waals surface area contributed by atoms with E-state index >= 15 is 0 Å². The van der Waals surface area contributed by atoms with Gasteiger partial charge in [-0.3, -0.25) is 0 Å². The highest BCUT2D eigenvalue weighted by Crippen LogP contribution is 2.32. The third kappa shape index (κ3) is 4.51. The van der Waals surface area contributed by atoms with E-state index in [0.717, 1.165) is 21.5 Å².